The molecule has 14 heteroatoms. The molecular weight excluding hydrogens is 602 g/mol. The number of primary amides is 1. The SMILES string of the molecule is CCc1nn(C)cc1C(=O)Nc1nc2cc(C(N)=O)cc(OCCCN3CCNCC3)c2n1CCCNC(=O)OCc1ccccc1. The van der Waals surface area contributed by atoms with E-state index in [-0.39, 0.29) is 24.0 Å². The van der Waals surface area contributed by atoms with Gasteiger partial charge in [0.25, 0.3) is 5.91 Å². The van der Waals surface area contributed by atoms with E-state index < -0.39 is 12.0 Å². The number of piperazine rings is 1. The maximum atomic E-state index is 13.5. The zero-order valence-electron chi connectivity index (χ0n) is 27.0. The Morgan fingerprint density at radius 1 is 1.06 bits per heavy atom. The third-order valence-electron chi connectivity index (χ3n) is 7.93. The van der Waals surface area contributed by atoms with Crippen molar-refractivity contribution in [3.05, 3.63) is 71.0 Å². The first kappa shape index (κ1) is 33.4. The van der Waals surface area contributed by atoms with Gasteiger partial charge in [0.2, 0.25) is 11.9 Å². The third-order valence-corrected chi connectivity index (χ3v) is 7.93. The summed E-state index contributed by atoms with van der Waals surface area (Å²) >= 11 is 0. The lowest BCUT2D eigenvalue weighted by atomic mass is 10.1. The number of nitrogens with one attached hydrogen (secondary N) is 3. The van der Waals surface area contributed by atoms with Gasteiger partial charge in [-0.1, -0.05) is 37.3 Å². The van der Waals surface area contributed by atoms with Gasteiger partial charge in [-0.15, -0.1) is 0 Å². The second-order valence-corrected chi connectivity index (χ2v) is 11.4. The maximum absolute atomic E-state index is 13.5. The second kappa shape index (κ2) is 16.1. The number of amides is 3. The summed E-state index contributed by atoms with van der Waals surface area (Å²) in [5.74, 6) is -0.257. The fourth-order valence-electron chi connectivity index (χ4n) is 5.56. The minimum atomic E-state index is -0.612. The number of aryl methyl sites for hydroxylation is 3. The zero-order chi connectivity index (χ0) is 33.2. The van der Waals surface area contributed by atoms with E-state index in [1.807, 2.05) is 41.8 Å². The van der Waals surface area contributed by atoms with Gasteiger partial charge in [-0.05, 0) is 37.0 Å². The number of rotatable bonds is 15. The van der Waals surface area contributed by atoms with Crippen LogP contribution in [-0.2, 0) is 31.4 Å². The molecule has 0 saturated carbocycles. The molecule has 4 aromatic rings. The number of carbonyl (C=O) groups is 3. The molecule has 0 spiro atoms. The summed E-state index contributed by atoms with van der Waals surface area (Å²) in [6.07, 6.45) is 3.00. The van der Waals surface area contributed by atoms with Gasteiger partial charge in [0, 0.05) is 64.6 Å². The van der Waals surface area contributed by atoms with E-state index in [9.17, 15) is 14.4 Å². The predicted molar refractivity (Wildman–Crippen MR) is 177 cm³/mol. The number of nitrogens with zero attached hydrogens (tertiary/aromatic N) is 5. The van der Waals surface area contributed by atoms with E-state index in [0.29, 0.717) is 60.6 Å². The van der Waals surface area contributed by atoms with Gasteiger partial charge < -0.3 is 35.3 Å². The van der Waals surface area contributed by atoms with Crippen LogP contribution in [0.5, 0.6) is 5.75 Å². The molecule has 2 aromatic carbocycles. The van der Waals surface area contributed by atoms with Crippen molar-refractivity contribution in [2.45, 2.75) is 39.3 Å². The predicted octanol–water partition coefficient (Wildman–Crippen LogP) is 2.67. The summed E-state index contributed by atoms with van der Waals surface area (Å²) < 4.78 is 15.0. The van der Waals surface area contributed by atoms with Gasteiger partial charge >= 0.3 is 6.09 Å². The molecule has 0 aliphatic carbocycles. The van der Waals surface area contributed by atoms with Crippen LogP contribution in [0.3, 0.4) is 0 Å². The van der Waals surface area contributed by atoms with Crippen LogP contribution < -0.4 is 26.4 Å². The molecule has 0 radical (unpaired) electrons. The van der Waals surface area contributed by atoms with Crippen LogP contribution in [0, 0.1) is 0 Å². The van der Waals surface area contributed by atoms with Crippen molar-refractivity contribution < 1.29 is 23.9 Å². The summed E-state index contributed by atoms with van der Waals surface area (Å²) in [4.78, 5) is 45.2. The van der Waals surface area contributed by atoms with Crippen molar-refractivity contribution in [2.24, 2.45) is 12.8 Å². The van der Waals surface area contributed by atoms with Crippen LogP contribution in [0.25, 0.3) is 11.0 Å². The van der Waals surface area contributed by atoms with Crippen LogP contribution in [0.2, 0.25) is 0 Å². The second-order valence-electron chi connectivity index (χ2n) is 11.4. The number of imidazole rings is 1. The standard InChI is InChI=1S/C33H43N9O5/c1-3-26-25(21-40(2)39-26)31(44)38-32-37-27-19-24(30(34)43)20-28(46-18-8-14-41-16-12-35-13-17-41)29(27)42(32)15-7-11-36-33(45)47-22-23-9-5-4-6-10-23/h4-6,9-10,19-21,35H,3,7-8,11-18,22H2,1-2H3,(H2,34,43)(H,36,45)(H,37,38,44). The molecule has 1 saturated heterocycles. The van der Waals surface area contributed by atoms with Crippen molar-refractivity contribution in [2.75, 3.05) is 51.2 Å². The molecule has 3 heterocycles. The molecule has 250 valence electrons. The number of anilines is 1. The molecule has 0 unspecified atom stereocenters. The number of hydrogen-bond acceptors (Lipinski definition) is 9. The highest BCUT2D eigenvalue weighted by molar-refractivity contribution is 6.05. The Labute approximate surface area is 273 Å². The van der Waals surface area contributed by atoms with Crippen molar-refractivity contribution in [3.8, 4) is 5.75 Å². The van der Waals surface area contributed by atoms with Gasteiger partial charge in [-0.3, -0.25) is 19.6 Å². The van der Waals surface area contributed by atoms with Gasteiger partial charge in [0.15, 0.2) is 0 Å². The number of nitrogens with two attached hydrogens (primary N) is 1. The van der Waals surface area contributed by atoms with Crippen molar-refractivity contribution >= 4 is 34.9 Å². The quantitative estimate of drug-likeness (QED) is 0.142. The first-order chi connectivity index (χ1) is 22.8. The Kier molecular flexibility index (Phi) is 11.4. The molecule has 5 rings (SSSR count). The van der Waals surface area contributed by atoms with Gasteiger partial charge in [0.05, 0.1) is 23.4 Å². The van der Waals surface area contributed by atoms with Gasteiger partial charge in [-0.25, -0.2) is 9.78 Å². The molecule has 3 amide bonds. The number of benzene rings is 2. The molecule has 5 N–H and O–H groups in total. The summed E-state index contributed by atoms with van der Waals surface area (Å²) in [6.45, 7) is 7.99. The fourth-order valence-corrected chi connectivity index (χ4v) is 5.56. The van der Waals surface area contributed by atoms with Crippen LogP contribution in [0.1, 0.15) is 51.7 Å². The Hall–Kier alpha value is -4.95. The minimum Gasteiger partial charge on any atom is -0.491 e. The molecule has 1 aliphatic heterocycles. The minimum absolute atomic E-state index is 0.167. The van der Waals surface area contributed by atoms with E-state index in [1.54, 1.807) is 30.1 Å². The van der Waals surface area contributed by atoms with Crippen molar-refractivity contribution in [1.29, 1.82) is 0 Å². The molecule has 0 atom stereocenters. The molecule has 1 fully saturated rings. The highest BCUT2D eigenvalue weighted by Crippen LogP contribution is 2.31. The Morgan fingerprint density at radius 2 is 1.85 bits per heavy atom. The number of carbonyl (C=O) groups excluding carboxylic acids is 3. The van der Waals surface area contributed by atoms with E-state index >= 15 is 0 Å². The number of aromatic nitrogens is 4. The number of fused-ring (bicyclic) bond motifs is 1. The monoisotopic (exact) mass is 645 g/mol. The fraction of sp³-hybridized carbons (Fsp3) is 0.424. The normalized spacial score (nSPS) is 13.4. The zero-order valence-corrected chi connectivity index (χ0v) is 27.0. The molecule has 47 heavy (non-hydrogen) atoms. The summed E-state index contributed by atoms with van der Waals surface area (Å²) in [5.41, 5.74) is 8.99. The average Bonchev–Trinajstić information content (AvgIpc) is 3.64. The molecular formula is C33H43N9O5. The molecule has 1 aliphatic rings. The Morgan fingerprint density at radius 3 is 2.60 bits per heavy atom. The third kappa shape index (κ3) is 8.86. The molecule has 14 nitrogen and oxygen atoms in total. The number of ether oxygens (including phenoxy) is 2. The lowest BCUT2D eigenvalue weighted by molar-refractivity contribution is 0.0997. The Bertz CT molecular complexity index is 1680. The van der Waals surface area contributed by atoms with Gasteiger partial charge in [0.1, 0.15) is 17.9 Å². The highest BCUT2D eigenvalue weighted by Gasteiger charge is 2.22. The molecule has 2 aromatic heterocycles. The highest BCUT2D eigenvalue weighted by atomic mass is 16.5. The van der Waals surface area contributed by atoms with Gasteiger partial charge in [-0.2, -0.15) is 5.10 Å². The van der Waals surface area contributed by atoms with Crippen LogP contribution in [-0.4, -0.2) is 88.0 Å². The largest absolute Gasteiger partial charge is 0.491 e. The maximum Gasteiger partial charge on any atom is 0.407 e. The van der Waals surface area contributed by atoms with Crippen LogP contribution in [0.4, 0.5) is 10.7 Å². The topological polar surface area (TPSA) is 171 Å². The van der Waals surface area contributed by atoms with E-state index in [4.69, 9.17) is 20.2 Å². The number of hydrogen-bond donors (Lipinski definition) is 4. The average molecular weight is 646 g/mol. The smallest absolute Gasteiger partial charge is 0.407 e. The first-order valence-corrected chi connectivity index (χ1v) is 16.0. The summed E-state index contributed by atoms with van der Waals surface area (Å²) in [5, 5.41) is 13.5. The lowest BCUT2D eigenvalue weighted by Gasteiger charge is -2.27. The van der Waals surface area contributed by atoms with Crippen molar-refractivity contribution in [1.82, 2.24) is 34.9 Å². The van der Waals surface area contributed by atoms with E-state index in [2.05, 4.69) is 25.9 Å². The van der Waals surface area contributed by atoms with E-state index in [0.717, 1.165) is 44.7 Å². The Balaban J connectivity index is 1.35. The van der Waals surface area contributed by atoms with Crippen LogP contribution >= 0.6 is 0 Å². The van der Waals surface area contributed by atoms with Crippen molar-refractivity contribution in [3.63, 3.8) is 0 Å². The molecule has 0 bridgehead atoms. The number of alkyl carbamates (subject to hydrolysis) is 1. The lowest BCUT2D eigenvalue weighted by Crippen LogP contribution is -2.43. The van der Waals surface area contributed by atoms with E-state index in [1.165, 1.54) is 0 Å². The van der Waals surface area contributed by atoms with Crippen LogP contribution in [0.15, 0.2) is 48.7 Å². The summed E-state index contributed by atoms with van der Waals surface area (Å²) in [7, 11) is 1.76. The first-order valence-electron chi connectivity index (χ1n) is 16.0. The summed E-state index contributed by atoms with van der Waals surface area (Å²) in [6, 6.07) is 12.7.